The minimum atomic E-state index is -3.54. The highest BCUT2D eigenvalue weighted by Crippen LogP contribution is 2.16. The van der Waals surface area contributed by atoms with Crippen LogP contribution in [0.5, 0.6) is 0 Å². The molecule has 96 valence electrons. The maximum absolute atomic E-state index is 11.9. The largest absolute Gasteiger partial charge is 0.380 e. The van der Waals surface area contributed by atoms with Crippen LogP contribution in [0.25, 0.3) is 0 Å². The first kappa shape index (κ1) is 13.9. The number of ether oxygens (including phenoxy) is 1. The summed E-state index contributed by atoms with van der Waals surface area (Å²) < 4.78 is 31.4. The molecule has 0 bridgehead atoms. The lowest BCUT2D eigenvalue weighted by atomic mass is 10.5. The van der Waals surface area contributed by atoms with Crippen LogP contribution in [0.1, 0.15) is 6.92 Å². The minimum Gasteiger partial charge on any atom is -0.380 e. The van der Waals surface area contributed by atoms with Crippen molar-refractivity contribution < 1.29 is 13.2 Å². The van der Waals surface area contributed by atoms with Crippen LogP contribution in [-0.2, 0) is 14.8 Å². The zero-order chi connectivity index (χ0) is 12.7. The number of nitrogens with one attached hydrogen (secondary N) is 2. The number of aromatic nitrogens is 1. The van der Waals surface area contributed by atoms with Crippen molar-refractivity contribution in [1.82, 2.24) is 9.71 Å². The van der Waals surface area contributed by atoms with Crippen molar-refractivity contribution in [2.75, 3.05) is 32.1 Å². The van der Waals surface area contributed by atoms with Crippen molar-refractivity contribution in [3.63, 3.8) is 0 Å². The van der Waals surface area contributed by atoms with E-state index >= 15 is 0 Å². The molecule has 0 fully saturated rings. The average Bonchev–Trinajstić information content (AvgIpc) is 2.34. The molecule has 0 amide bonds. The highest BCUT2D eigenvalue weighted by molar-refractivity contribution is 7.89. The molecular formula is C10H17N3O3S. The van der Waals surface area contributed by atoms with Crippen LogP contribution in [0.4, 0.5) is 5.82 Å². The molecular weight excluding hydrogens is 242 g/mol. The van der Waals surface area contributed by atoms with Gasteiger partial charge >= 0.3 is 0 Å². The fourth-order valence-electron chi connectivity index (χ4n) is 1.27. The molecule has 1 aromatic heterocycles. The Labute approximate surface area is 101 Å². The van der Waals surface area contributed by atoms with Gasteiger partial charge in [-0.15, -0.1) is 0 Å². The molecule has 0 aliphatic rings. The van der Waals surface area contributed by atoms with E-state index in [0.29, 0.717) is 19.0 Å². The molecule has 17 heavy (non-hydrogen) atoms. The van der Waals surface area contributed by atoms with Gasteiger partial charge in [-0.3, -0.25) is 0 Å². The third kappa shape index (κ3) is 3.95. The van der Waals surface area contributed by atoms with Gasteiger partial charge in [0.1, 0.15) is 10.7 Å². The molecule has 0 unspecified atom stereocenters. The highest BCUT2D eigenvalue weighted by atomic mass is 32.2. The topological polar surface area (TPSA) is 80.3 Å². The third-order valence-electron chi connectivity index (χ3n) is 2.04. The molecule has 0 aromatic carbocycles. The Kier molecular flexibility index (Phi) is 5.33. The summed E-state index contributed by atoms with van der Waals surface area (Å²) in [6.45, 7) is 3.02. The summed E-state index contributed by atoms with van der Waals surface area (Å²) in [5.74, 6) is 0.330. The van der Waals surface area contributed by atoms with Gasteiger partial charge < -0.3 is 10.1 Å². The van der Waals surface area contributed by atoms with Gasteiger partial charge in [-0.1, -0.05) is 0 Å². The van der Waals surface area contributed by atoms with Gasteiger partial charge in [0, 0.05) is 26.4 Å². The molecule has 7 heteroatoms. The lowest BCUT2D eigenvalue weighted by Crippen LogP contribution is -2.28. The van der Waals surface area contributed by atoms with Crippen molar-refractivity contribution in [2.45, 2.75) is 11.8 Å². The Morgan fingerprint density at radius 1 is 1.47 bits per heavy atom. The van der Waals surface area contributed by atoms with Crippen LogP contribution in [-0.4, -0.2) is 40.2 Å². The number of anilines is 1. The number of hydrogen-bond acceptors (Lipinski definition) is 5. The summed E-state index contributed by atoms with van der Waals surface area (Å²) in [5.41, 5.74) is 0. The predicted molar refractivity (Wildman–Crippen MR) is 65.5 cm³/mol. The van der Waals surface area contributed by atoms with Gasteiger partial charge in [-0.2, -0.15) is 0 Å². The maximum atomic E-state index is 11.9. The molecule has 1 heterocycles. The summed E-state index contributed by atoms with van der Waals surface area (Å²) in [6, 6.07) is 3.08. The standard InChI is InChI=1S/C10H17N3O3S/c1-3-16-8-7-13-17(14,15)9-5-4-6-12-10(9)11-2/h4-6,13H,3,7-8H2,1-2H3,(H,11,12). The SMILES string of the molecule is CCOCCNS(=O)(=O)c1cccnc1NC. The number of pyridine rings is 1. The molecule has 0 saturated carbocycles. The van der Waals surface area contributed by atoms with Gasteiger partial charge in [0.05, 0.1) is 6.61 Å². The fraction of sp³-hybridized carbons (Fsp3) is 0.500. The quantitative estimate of drug-likeness (QED) is 0.694. The second-order valence-corrected chi connectivity index (χ2v) is 4.93. The van der Waals surface area contributed by atoms with Crippen molar-refractivity contribution in [3.05, 3.63) is 18.3 Å². The summed E-state index contributed by atoms with van der Waals surface area (Å²) in [4.78, 5) is 4.08. The molecule has 0 aliphatic heterocycles. The highest BCUT2D eigenvalue weighted by Gasteiger charge is 2.17. The molecule has 1 aromatic rings. The third-order valence-corrected chi connectivity index (χ3v) is 3.53. The van der Waals surface area contributed by atoms with E-state index in [1.54, 1.807) is 13.1 Å². The predicted octanol–water partition coefficient (Wildman–Crippen LogP) is 0.438. The van der Waals surface area contributed by atoms with E-state index in [9.17, 15) is 8.42 Å². The maximum Gasteiger partial charge on any atom is 0.244 e. The van der Waals surface area contributed by atoms with Crippen molar-refractivity contribution in [1.29, 1.82) is 0 Å². The Morgan fingerprint density at radius 2 is 2.24 bits per heavy atom. The summed E-state index contributed by atoms with van der Waals surface area (Å²) in [7, 11) is -1.91. The minimum absolute atomic E-state index is 0.138. The molecule has 6 nitrogen and oxygen atoms in total. The van der Waals surface area contributed by atoms with Crippen LogP contribution in [0.15, 0.2) is 23.2 Å². The lowest BCUT2D eigenvalue weighted by molar-refractivity contribution is 0.153. The number of sulfonamides is 1. The van der Waals surface area contributed by atoms with E-state index < -0.39 is 10.0 Å². The first-order chi connectivity index (χ1) is 8.11. The van der Waals surface area contributed by atoms with E-state index in [1.807, 2.05) is 6.92 Å². The fourth-order valence-corrected chi connectivity index (χ4v) is 2.44. The summed E-state index contributed by atoms with van der Waals surface area (Å²) in [6.07, 6.45) is 1.53. The summed E-state index contributed by atoms with van der Waals surface area (Å²) in [5, 5.41) is 2.74. The second-order valence-electron chi connectivity index (χ2n) is 3.19. The van der Waals surface area contributed by atoms with Crippen molar-refractivity contribution >= 4 is 15.8 Å². The molecule has 1 rings (SSSR count). The second kappa shape index (κ2) is 6.53. The van der Waals surface area contributed by atoms with E-state index in [-0.39, 0.29) is 11.4 Å². The van der Waals surface area contributed by atoms with Gasteiger partial charge in [0.2, 0.25) is 10.0 Å². The number of rotatable bonds is 7. The Balaban J connectivity index is 2.75. The molecule has 0 atom stereocenters. The smallest absolute Gasteiger partial charge is 0.244 e. The van der Waals surface area contributed by atoms with Gasteiger partial charge in [0.15, 0.2) is 0 Å². The van der Waals surface area contributed by atoms with Crippen LogP contribution >= 0.6 is 0 Å². The van der Waals surface area contributed by atoms with E-state index in [2.05, 4.69) is 15.0 Å². The summed E-state index contributed by atoms with van der Waals surface area (Å²) >= 11 is 0. The van der Waals surface area contributed by atoms with Crippen LogP contribution in [0, 0.1) is 0 Å². The molecule has 2 N–H and O–H groups in total. The molecule has 0 radical (unpaired) electrons. The Bertz CT molecular complexity index is 448. The van der Waals surface area contributed by atoms with Crippen molar-refractivity contribution in [2.24, 2.45) is 0 Å². The van der Waals surface area contributed by atoms with Gasteiger partial charge in [-0.25, -0.2) is 18.1 Å². The van der Waals surface area contributed by atoms with Crippen LogP contribution in [0.3, 0.4) is 0 Å². The van der Waals surface area contributed by atoms with E-state index in [1.165, 1.54) is 12.3 Å². The van der Waals surface area contributed by atoms with E-state index in [4.69, 9.17) is 4.74 Å². The normalized spacial score (nSPS) is 11.4. The van der Waals surface area contributed by atoms with Gasteiger partial charge in [-0.05, 0) is 19.1 Å². The first-order valence-corrected chi connectivity index (χ1v) is 6.80. The number of nitrogens with zero attached hydrogens (tertiary/aromatic N) is 1. The zero-order valence-corrected chi connectivity index (χ0v) is 10.8. The zero-order valence-electron chi connectivity index (χ0n) is 9.93. The molecule has 0 spiro atoms. The van der Waals surface area contributed by atoms with Crippen LogP contribution in [0.2, 0.25) is 0 Å². The average molecular weight is 259 g/mol. The van der Waals surface area contributed by atoms with E-state index in [0.717, 1.165) is 0 Å². The molecule has 0 aliphatic carbocycles. The molecule has 0 saturated heterocycles. The van der Waals surface area contributed by atoms with Crippen molar-refractivity contribution in [3.8, 4) is 0 Å². The Morgan fingerprint density at radius 3 is 2.88 bits per heavy atom. The lowest BCUT2D eigenvalue weighted by Gasteiger charge is -2.09. The van der Waals surface area contributed by atoms with Crippen LogP contribution < -0.4 is 10.0 Å². The van der Waals surface area contributed by atoms with Gasteiger partial charge in [0.25, 0.3) is 0 Å². The monoisotopic (exact) mass is 259 g/mol. The Hall–Kier alpha value is -1.18. The number of hydrogen-bond donors (Lipinski definition) is 2. The first-order valence-electron chi connectivity index (χ1n) is 5.32.